The Bertz CT molecular complexity index is 1240. The molecule has 0 saturated carbocycles. The highest BCUT2D eigenvalue weighted by atomic mass is 31.2. The van der Waals surface area contributed by atoms with E-state index in [4.69, 9.17) is 53.3 Å². The van der Waals surface area contributed by atoms with E-state index in [1.165, 1.54) is 0 Å². The zero-order valence-corrected chi connectivity index (χ0v) is 26.2. The van der Waals surface area contributed by atoms with Crippen LogP contribution in [0.25, 0.3) is 20.9 Å². The summed E-state index contributed by atoms with van der Waals surface area (Å²) in [6.07, 6.45) is -12.4. The fourth-order valence-corrected chi connectivity index (χ4v) is 5.35. The molecule has 23 heteroatoms. The van der Waals surface area contributed by atoms with Crippen molar-refractivity contribution in [3.63, 3.8) is 0 Å². The van der Waals surface area contributed by atoms with Crippen LogP contribution in [0.4, 0.5) is 0 Å². The van der Waals surface area contributed by atoms with Crippen LogP contribution in [0, 0.1) is 0 Å². The predicted molar refractivity (Wildman–Crippen MR) is 143 cm³/mol. The summed E-state index contributed by atoms with van der Waals surface area (Å²) in [6.45, 7) is 3.94. The Morgan fingerprint density at radius 3 is 1.67 bits per heavy atom. The summed E-state index contributed by atoms with van der Waals surface area (Å²) in [7, 11) is -5.55. The minimum atomic E-state index is -5.55. The molecule has 0 bridgehead atoms. The van der Waals surface area contributed by atoms with Crippen molar-refractivity contribution < 1.29 is 75.9 Å². The molecule has 2 saturated heterocycles. The zero-order valence-electron chi connectivity index (χ0n) is 25.3. The van der Waals surface area contributed by atoms with E-state index < -0.39 is 106 Å². The summed E-state index contributed by atoms with van der Waals surface area (Å²) < 4.78 is 60.5. The highest BCUT2D eigenvalue weighted by Gasteiger charge is 2.52. The smallest absolute Gasteiger partial charge is 0.303 e. The molecule has 2 aliphatic heterocycles. The second-order valence-corrected chi connectivity index (χ2v) is 11.0. The third-order valence-corrected chi connectivity index (χ3v) is 7.03. The second-order valence-electron chi connectivity index (χ2n) is 9.67. The van der Waals surface area contributed by atoms with E-state index in [0.717, 1.165) is 27.7 Å². The molecule has 11 atom stereocenters. The average molecular weight is 682 g/mol. The normalized spacial score (nSPS) is 32.0. The molecule has 1 N–H and O–H groups in total. The van der Waals surface area contributed by atoms with E-state index in [2.05, 4.69) is 20.1 Å². The Kier molecular flexibility index (Phi) is 15.1. The number of esters is 4. The van der Waals surface area contributed by atoms with Crippen molar-refractivity contribution in [1.82, 2.24) is 0 Å². The molecule has 258 valence electrons. The van der Waals surface area contributed by atoms with Gasteiger partial charge in [-0.3, -0.25) is 28.3 Å². The van der Waals surface area contributed by atoms with Gasteiger partial charge in [0.05, 0.1) is 13.2 Å². The van der Waals surface area contributed by atoms with Crippen molar-refractivity contribution in [3.05, 3.63) is 20.9 Å². The molecule has 2 heterocycles. The maximum atomic E-state index is 13.0. The number of phosphoric ester groups is 1. The molecule has 22 nitrogen and oxygen atoms in total. The van der Waals surface area contributed by atoms with Gasteiger partial charge in [0.1, 0.15) is 24.3 Å². The Balaban J connectivity index is 2.40. The third kappa shape index (κ3) is 11.1. The molecule has 2 fully saturated rings. The highest BCUT2D eigenvalue weighted by Crippen LogP contribution is 2.44. The number of ether oxygens (including phenoxy) is 7. The number of phosphoric acid groups is 1. The molecule has 0 spiro atoms. The largest absolute Gasteiger partial charge is 0.756 e. The Labute approximate surface area is 261 Å². The summed E-state index contributed by atoms with van der Waals surface area (Å²) in [4.78, 5) is 65.7. The number of azide groups is 2. The van der Waals surface area contributed by atoms with Crippen LogP contribution in [0.3, 0.4) is 0 Å². The molecule has 2 rings (SSSR count). The number of rotatable bonds is 15. The van der Waals surface area contributed by atoms with Crippen LogP contribution in [-0.4, -0.2) is 110 Å². The number of hydrogen-bond acceptors (Lipinski definition) is 18. The van der Waals surface area contributed by atoms with Crippen molar-refractivity contribution in [2.75, 3.05) is 19.8 Å². The maximum Gasteiger partial charge on any atom is 0.303 e. The number of carbonyl (C=O) groups is 4. The number of aliphatic hydroxyl groups is 1. The summed E-state index contributed by atoms with van der Waals surface area (Å²) in [5, 5.41) is 16.8. The second kappa shape index (κ2) is 18.0. The lowest BCUT2D eigenvalue weighted by atomic mass is 9.97. The van der Waals surface area contributed by atoms with Crippen LogP contribution in [0.2, 0.25) is 0 Å². The van der Waals surface area contributed by atoms with E-state index in [1.807, 2.05) is 0 Å². The van der Waals surface area contributed by atoms with Gasteiger partial charge < -0.3 is 47.7 Å². The van der Waals surface area contributed by atoms with Gasteiger partial charge in [0.25, 0.3) is 7.82 Å². The molecule has 0 aromatic rings. The first-order chi connectivity index (χ1) is 21.7. The van der Waals surface area contributed by atoms with Crippen molar-refractivity contribution in [1.29, 1.82) is 0 Å². The molecule has 46 heavy (non-hydrogen) atoms. The van der Waals surface area contributed by atoms with Gasteiger partial charge in [-0.05, 0) is 17.5 Å². The minimum absolute atomic E-state index is 0.0630. The standard InChI is InChI=1S/C23H35N6O16P/c1-6-7-37-22-16(26-28-24)20(41-12(4)33)19(40-11(3)32)15(44-22)9-38-46(35,36)45-23-17(27-29-25)21(42-13(5)34)18(39-10(2)31)14(8-30)43-23/h14-23,30H,6-9H2,1-5H3,(H,35,36)/p-1/t14?,15?,16?,17?,18-,19-,20+,21+,22+,23-/m0/s1. The maximum absolute atomic E-state index is 13.0. The van der Waals surface area contributed by atoms with E-state index in [1.54, 1.807) is 6.92 Å². The van der Waals surface area contributed by atoms with Gasteiger partial charge in [-0.1, -0.05) is 17.2 Å². The molecule has 0 radical (unpaired) electrons. The lowest BCUT2D eigenvalue weighted by molar-refractivity contribution is -0.292. The number of aliphatic hydroxyl groups excluding tert-OH is 1. The van der Waals surface area contributed by atoms with Gasteiger partial charge >= 0.3 is 23.9 Å². The van der Waals surface area contributed by atoms with Crippen LogP contribution in [0.15, 0.2) is 10.2 Å². The molecule has 2 aliphatic rings. The number of nitrogens with zero attached hydrogens (tertiary/aromatic N) is 6. The van der Waals surface area contributed by atoms with Crippen LogP contribution in [0.5, 0.6) is 0 Å². The zero-order chi connectivity index (χ0) is 34.6. The first-order valence-corrected chi connectivity index (χ1v) is 15.1. The summed E-state index contributed by atoms with van der Waals surface area (Å²) >= 11 is 0. The highest BCUT2D eigenvalue weighted by molar-refractivity contribution is 7.45. The number of carbonyl (C=O) groups excluding carboxylic acids is 4. The summed E-state index contributed by atoms with van der Waals surface area (Å²) in [5.41, 5.74) is 18.2. The van der Waals surface area contributed by atoms with Crippen molar-refractivity contribution in [3.8, 4) is 0 Å². The molecule has 0 aromatic carbocycles. The first-order valence-electron chi connectivity index (χ1n) is 13.6. The SMILES string of the molecule is CCCO[C@@H]1OC(COP(=O)([O-])O[C@@H]2OC(CO)[C@H](OC(C)=O)[C@H](OC(C)=O)C2N=[N+]=[N-])[C@H](OC(C)=O)[C@H](OC(C)=O)C1N=[N+]=[N-]. The van der Waals surface area contributed by atoms with Crippen LogP contribution in [0.1, 0.15) is 41.0 Å². The fourth-order valence-electron chi connectivity index (χ4n) is 4.53. The summed E-state index contributed by atoms with van der Waals surface area (Å²) in [5.74, 6) is -3.63. The average Bonchev–Trinajstić information content (AvgIpc) is 2.95. The molecule has 0 aliphatic carbocycles. The third-order valence-electron chi connectivity index (χ3n) is 6.10. The van der Waals surface area contributed by atoms with Crippen molar-refractivity contribution >= 4 is 31.7 Å². The van der Waals surface area contributed by atoms with Crippen LogP contribution < -0.4 is 4.89 Å². The molecular weight excluding hydrogens is 647 g/mol. The van der Waals surface area contributed by atoms with E-state index >= 15 is 0 Å². The lowest BCUT2D eigenvalue weighted by Gasteiger charge is -2.45. The van der Waals surface area contributed by atoms with Crippen LogP contribution in [-0.2, 0) is 65.9 Å². The number of hydrogen-bond donors (Lipinski definition) is 1. The van der Waals surface area contributed by atoms with Crippen molar-refractivity contribution in [2.45, 2.75) is 102 Å². The quantitative estimate of drug-likeness (QED) is 0.0612. The summed E-state index contributed by atoms with van der Waals surface area (Å²) in [6, 6.07) is -3.17. The van der Waals surface area contributed by atoms with E-state index in [0.29, 0.717) is 6.42 Å². The topological polar surface area (TPSA) is 309 Å². The van der Waals surface area contributed by atoms with Crippen molar-refractivity contribution in [2.24, 2.45) is 10.2 Å². The van der Waals surface area contributed by atoms with Gasteiger partial charge in [-0.25, -0.2) is 0 Å². The van der Waals surface area contributed by atoms with Gasteiger partial charge in [0, 0.05) is 44.1 Å². The van der Waals surface area contributed by atoms with Gasteiger partial charge in [0.2, 0.25) is 0 Å². The molecular formula is C23H34N6O16P-. The van der Waals surface area contributed by atoms with Gasteiger partial charge in [0.15, 0.2) is 37.0 Å². The lowest BCUT2D eigenvalue weighted by Crippen LogP contribution is -2.61. The fraction of sp³-hybridized carbons (Fsp3) is 0.826. The molecule has 0 amide bonds. The Morgan fingerprint density at radius 2 is 1.24 bits per heavy atom. The van der Waals surface area contributed by atoms with Gasteiger partial charge in [-0.2, -0.15) is 0 Å². The Hall–Kier alpha value is -3.55. The van der Waals surface area contributed by atoms with Crippen LogP contribution >= 0.6 is 7.82 Å². The Morgan fingerprint density at radius 1 is 0.804 bits per heavy atom. The monoisotopic (exact) mass is 681 g/mol. The molecule has 5 unspecified atom stereocenters. The predicted octanol–water partition coefficient (Wildman–Crippen LogP) is 0.441. The molecule has 0 aromatic heterocycles. The minimum Gasteiger partial charge on any atom is -0.756 e. The first kappa shape index (κ1) is 38.6. The van der Waals surface area contributed by atoms with E-state index in [-0.39, 0.29) is 6.61 Å². The van der Waals surface area contributed by atoms with E-state index in [9.17, 15) is 33.7 Å². The van der Waals surface area contributed by atoms with Gasteiger partial charge in [-0.15, -0.1) is 0 Å².